The highest BCUT2D eigenvalue weighted by Crippen LogP contribution is 2.36. The lowest BCUT2D eigenvalue weighted by Gasteiger charge is -2.26. The molecule has 0 aliphatic carbocycles. The van der Waals surface area contributed by atoms with Crippen molar-refractivity contribution in [1.82, 2.24) is 19.8 Å². The molecule has 0 radical (unpaired) electrons. The molecule has 240 valence electrons. The van der Waals surface area contributed by atoms with Gasteiger partial charge in [0.25, 0.3) is 5.91 Å². The van der Waals surface area contributed by atoms with Crippen molar-refractivity contribution in [1.29, 1.82) is 0 Å². The Morgan fingerprint density at radius 3 is 2.49 bits per heavy atom. The Bertz CT molecular complexity index is 1810. The summed E-state index contributed by atoms with van der Waals surface area (Å²) in [6.07, 6.45) is 4.20. The van der Waals surface area contributed by atoms with E-state index in [0.717, 1.165) is 77.9 Å². The maximum Gasteiger partial charge on any atom is 0.335 e. The molecule has 2 aliphatic rings. The van der Waals surface area contributed by atoms with E-state index >= 15 is 0 Å². The summed E-state index contributed by atoms with van der Waals surface area (Å²) < 4.78 is 12.3. The van der Waals surface area contributed by atoms with Crippen LogP contribution in [-0.2, 0) is 16.0 Å². The molecule has 1 aromatic heterocycles. The SMILES string of the molecule is Cc1nccc(-c2ccc(-c3cc(/C=C4\SC(=S)N(CCc5ccc(C(=O)O)cc5)C4=O)ccc3OCCN3CCOCC3)cc2)n1. The van der Waals surface area contributed by atoms with Crippen molar-refractivity contribution < 1.29 is 24.2 Å². The van der Waals surface area contributed by atoms with E-state index in [4.69, 9.17) is 26.8 Å². The van der Waals surface area contributed by atoms with E-state index < -0.39 is 5.97 Å². The van der Waals surface area contributed by atoms with Crippen LogP contribution in [0.3, 0.4) is 0 Å². The molecule has 3 heterocycles. The van der Waals surface area contributed by atoms with E-state index in [1.807, 2.05) is 49.4 Å². The van der Waals surface area contributed by atoms with Crippen LogP contribution in [0.2, 0.25) is 0 Å². The third-order valence-electron chi connectivity index (χ3n) is 8.04. The Morgan fingerprint density at radius 2 is 1.77 bits per heavy atom. The van der Waals surface area contributed by atoms with Crippen LogP contribution in [0.15, 0.2) is 83.9 Å². The molecule has 6 rings (SSSR count). The molecule has 0 atom stereocenters. The highest BCUT2D eigenvalue weighted by molar-refractivity contribution is 8.26. The van der Waals surface area contributed by atoms with Crippen LogP contribution in [0, 0.1) is 6.92 Å². The number of thiocarbonyl (C=S) groups is 1. The molecule has 47 heavy (non-hydrogen) atoms. The molecular weight excluding hydrogens is 633 g/mol. The van der Waals surface area contributed by atoms with Crippen molar-refractivity contribution >= 4 is 46.3 Å². The van der Waals surface area contributed by atoms with Gasteiger partial charge in [-0.3, -0.25) is 14.6 Å². The van der Waals surface area contributed by atoms with Crippen molar-refractivity contribution in [3.63, 3.8) is 0 Å². The first-order valence-electron chi connectivity index (χ1n) is 15.4. The second-order valence-corrected chi connectivity index (χ2v) is 12.9. The number of morpholine rings is 1. The molecule has 0 bridgehead atoms. The van der Waals surface area contributed by atoms with E-state index in [1.165, 1.54) is 11.8 Å². The van der Waals surface area contributed by atoms with E-state index in [1.54, 1.807) is 35.4 Å². The van der Waals surface area contributed by atoms with Crippen LogP contribution >= 0.6 is 24.0 Å². The maximum absolute atomic E-state index is 13.4. The first kappa shape index (κ1) is 32.5. The molecule has 11 heteroatoms. The lowest BCUT2D eigenvalue weighted by atomic mass is 9.99. The second kappa shape index (κ2) is 15.0. The third kappa shape index (κ3) is 8.12. The Balaban J connectivity index is 1.21. The third-order valence-corrected chi connectivity index (χ3v) is 9.41. The van der Waals surface area contributed by atoms with Gasteiger partial charge in [-0.05, 0) is 66.4 Å². The summed E-state index contributed by atoms with van der Waals surface area (Å²) in [5.74, 6) is 0.375. The number of amides is 1. The molecular formula is C36H34N4O5S2. The van der Waals surface area contributed by atoms with Gasteiger partial charge in [-0.25, -0.2) is 14.8 Å². The topological polar surface area (TPSA) is 105 Å². The summed E-state index contributed by atoms with van der Waals surface area (Å²) in [6.45, 7) is 6.91. The van der Waals surface area contributed by atoms with Gasteiger partial charge in [0.15, 0.2) is 0 Å². The van der Waals surface area contributed by atoms with Gasteiger partial charge in [-0.1, -0.05) is 66.4 Å². The molecule has 2 saturated heterocycles. The number of carbonyl (C=O) groups excluding carboxylic acids is 1. The summed E-state index contributed by atoms with van der Waals surface area (Å²) in [4.78, 5) is 37.8. The quantitative estimate of drug-likeness (QED) is 0.152. The second-order valence-electron chi connectivity index (χ2n) is 11.2. The number of aromatic carboxylic acids is 1. The first-order chi connectivity index (χ1) is 22.8. The highest BCUT2D eigenvalue weighted by atomic mass is 32.2. The molecule has 1 N–H and O–H groups in total. The van der Waals surface area contributed by atoms with Gasteiger partial charge in [-0.2, -0.15) is 0 Å². The van der Waals surface area contributed by atoms with E-state index in [-0.39, 0.29) is 11.5 Å². The zero-order valence-corrected chi connectivity index (χ0v) is 27.6. The molecule has 0 unspecified atom stereocenters. The van der Waals surface area contributed by atoms with Gasteiger partial charge < -0.3 is 14.6 Å². The number of hydrogen-bond acceptors (Lipinski definition) is 9. The fraction of sp³-hybridized carbons (Fsp3) is 0.250. The maximum atomic E-state index is 13.4. The molecule has 2 fully saturated rings. The number of aryl methyl sites for hydroxylation is 1. The average molecular weight is 667 g/mol. The van der Waals surface area contributed by atoms with Gasteiger partial charge >= 0.3 is 5.97 Å². The van der Waals surface area contributed by atoms with Crippen molar-refractivity contribution in [3.05, 3.63) is 106 Å². The Hall–Kier alpha value is -4.42. The fourth-order valence-electron chi connectivity index (χ4n) is 5.43. The van der Waals surface area contributed by atoms with Crippen molar-refractivity contribution in [3.8, 4) is 28.1 Å². The largest absolute Gasteiger partial charge is 0.492 e. The number of hydrogen-bond donors (Lipinski definition) is 1. The monoisotopic (exact) mass is 666 g/mol. The summed E-state index contributed by atoms with van der Waals surface area (Å²) in [5.41, 5.74) is 5.78. The van der Waals surface area contributed by atoms with Gasteiger partial charge in [0.2, 0.25) is 0 Å². The van der Waals surface area contributed by atoms with Crippen LogP contribution in [-0.4, -0.2) is 87.1 Å². The molecule has 0 spiro atoms. The number of aromatic nitrogens is 2. The number of ether oxygens (including phenoxy) is 2. The van der Waals surface area contributed by atoms with Crippen molar-refractivity contribution in [2.75, 3.05) is 46.0 Å². The zero-order chi connectivity index (χ0) is 32.8. The predicted molar refractivity (Wildman–Crippen MR) is 187 cm³/mol. The minimum atomic E-state index is -0.969. The molecule has 1 amide bonds. The van der Waals surface area contributed by atoms with Crippen LogP contribution in [0.25, 0.3) is 28.5 Å². The summed E-state index contributed by atoms with van der Waals surface area (Å²) in [7, 11) is 0. The summed E-state index contributed by atoms with van der Waals surface area (Å²) in [5, 5.41) is 9.15. The number of carboxylic acid groups (broad SMARTS) is 1. The minimum Gasteiger partial charge on any atom is -0.492 e. The van der Waals surface area contributed by atoms with E-state index in [0.29, 0.717) is 28.8 Å². The molecule has 0 saturated carbocycles. The predicted octanol–water partition coefficient (Wildman–Crippen LogP) is 5.97. The number of thioether (sulfide) groups is 1. The average Bonchev–Trinajstić information content (AvgIpc) is 3.35. The van der Waals surface area contributed by atoms with Gasteiger partial charge in [0.1, 0.15) is 22.5 Å². The number of carbonyl (C=O) groups is 2. The Kier molecular flexibility index (Phi) is 10.4. The summed E-state index contributed by atoms with van der Waals surface area (Å²) in [6, 6.07) is 22.7. The van der Waals surface area contributed by atoms with Crippen LogP contribution in [0.4, 0.5) is 0 Å². The fourth-order valence-corrected chi connectivity index (χ4v) is 6.74. The lowest BCUT2D eigenvalue weighted by Crippen LogP contribution is -2.38. The smallest absolute Gasteiger partial charge is 0.335 e. The van der Waals surface area contributed by atoms with Crippen LogP contribution in [0.1, 0.15) is 27.3 Å². The number of rotatable bonds is 11. The molecule has 3 aromatic carbocycles. The van der Waals surface area contributed by atoms with E-state index in [9.17, 15) is 9.59 Å². The lowest BCUT2D eigenvalue weighted by molar-refractivity contribution is -0.122. The zero-order valence-electron chi connectivity index (χ0n) is 25.9. The number of benzene rings is 3. The Labute approximate surface area is 283 Å². The van der Waals surface area contributed by atoms with Gasteiger partial charge in [0, 0.05) is 43.5 Å². The highest BCUT2D eigenvalue weighted by Gasteiger charge is 2.31. The number of carboxylic acids is 1. The van der Waals surface area contributed by atoms with Crippen molar-refractivity contribution in [2.24, 2.45) is 0 Å². The normalized spacial score (nSPS) is 16.2. The van der Waals surface area contributed by atoms with E-state index in [2.05, 4.69) is 27.0 Å². The minimum absolute atomic E-state index is 0.140. The van der Waals surface area contributed by atoms with Gasteiger partial charge in [-0.15, -0.1) is 0 Å². The van der Waals surface area contributed by atoms with Gasteiger partial charge in [0.05, 0.1) is 29.4 Å². The van der Waals surface area contributed by atoms with Crippen molar-refractivity contribution in [2.45, 2.75) is 13.3 Å². The van der Waals surface area contributed by atoms with Crippen LogP contribution in [0.5, 0.6) is 5.75 Å². The Morgan fingerprint density at radius 1 is 1.02 bits per heavy atom. The summed E-state index contributed by atoms with van der Waals surface area (Å²) >= 11 is 6.86. The number of nitrogens with zero attached hydrogens (tertiary/aromatic N) is 4. The van der Waals surface area contributed by atoms with Crippen LogP contribution < -0.4 is 4.74 Å². The molecule has 4 aromatic rings. The molecule has 2 aliphatic heterocycles. The standard InChI is InChI=1S/C36H34N4O5S2/c1-24-37-14-12-31(38-24)28-9-7-27(8-10-28)30-22-26(4-11-32(30)45-21-18-39-16-19-44-20-17-39)23-33-34(41)40(36(46)47-33)15-13-25-2-5-29(6-3-25)35(42)43/h2-12,14,22-23H,13,15-21H2,1H3,(H,42,43)/b33-23-. The molecule has 9 nitrogen and oxygen atoms in total. The first-order valence-corrected chi connectivity index (χ1v) is 16.6.